The number of carbonyl (C=O) groups is 1. The van der Waals surface area contributed by atoms with Crippen LogP contribution in [0.4, 0.5) is 0 Å². The van der Waals surface area contributed by atoms with Crippen LogP contribution in [0.3, 0.4) is 0 Å². The second-order valence-electron chi connectivity index (χ2n) is 7.47. The van der Waals surface area contributed by atoms with Crippen molar-refractivity contribution in [1.29, 1.82) is 0 Å². The van der Waals surface area contributed by atoms with E-state index in [2.05, 4.69) is 5.32 Å². The van der Waals surface area contributed by atoms with E-state index >= 15 is 0 Å². The molecule has 0 aromatic heterocycles. The molecular formula is C19H30ClN3O4S. The molecule has 0 spiro atoms. The first-order chi connectivity index (χ1) is 12.9. The Hall–Kier alpha value is -1.35. The minimum absolute atomic E-state index is 0. The molecule has 1 aliphatic heterocycles. The zero-order valence-corrected chi connectivity index (χ0v) is 17.8. The van der Waals surface area contributed by atoms with Crippen molar-refractivity contribution in [3.05, 3.63) is 24.3 Å². The fraction of sp³-hybridized carbons (Fsp3) is 0.632. The number of piperidine rings is 1. The van der Waals surface area contributed by atoms with Crippen molar-refractivity contribution >= 4 is 28.3 Å². The molecule has 28 heavy (non-hydrogen) atoms. The Balaban J connectivity index is 0.00000280. The van der Waals surface area contributed by atoms with Crippen LogP contribution in [0.5, 0.6) is 5.75 Å². The van der Waals surface area contributed by atoms with Crippen molar-refractivity contribution < 1.29 is 17.9 Å². The SMILES string of the molecule is COc1ccc(S(=O)(=O)N2CCC(C(=O)NC3CCC(N)CC3)CC2)cc1.Cl. The molecule has 2 fully saturated rings. The molecule has 1 amide bonds. The van der Waals surface area contributed by atoms with Gasteiger partial charge in [0.05, 0.1) is 12.0 Å². The zero-order valence-electron chi connectivity index (χ0n) is 16.2. The molecule has 3 rings (SSSR count). The highest BCUT2D eigenvalue weighted by Crippen LogP contribution is 2.26. The highest BCUT2D eigenvalue weighted by atomic mass is 35.5. The molecule has 158 valence electrons. The van der Waals surface area contributed by atoms with Crippen LogP contribution in [0.25, 0.3) is 0 Å². The molecule has 9 heteroatoms. The third kappa shape index (κ3) is 5.37. The number of rotatable bonds is 5. The number of nitrogens with one attached hydrogen (secondary N) is 1. The Bertz CT molecular complexity index is 741. The summed E-state index contributed by atoms with van der Waals surface area (Å²) in [5.41, 5.74) is 5.91. The van der Waals surface area contributed by atoms with E-state index < -0.39 is 10.0 Å². The molecule has 7 nitrogen and oxygen atoms in total. The molecule has 1 heterocycles. The van der Waals surface area contributed by atoms with E-state index in [1.807, 2.05) is 0 Å². The first kappa shape index (κ1) is 22.9. The smallest absolute Gasteiger partial charge is 0.243 e. The van der Waals surface area contributed by atoms with E-state index in [9.17, 15) is 13.2 Å². The summed E-state index contributed by atoms with van der Waals surface area (Å²) in [5.74, 6) is 0.549. The van der Waals surface area contributed by atoms with Gasteiger partial charge in [0.1, 0.15) is 5.75 Å². The maximum Gasteiger partial charge on any atom is 0.243 e. The van der Waals surface area contributed by atoms with E-state index in [-0.39, 0.29) is 41.2 Å². The monoisotopic (exact) mass is 431 g/mol. The number of hydrogen-bond acceptors (Lipinski definition) is 5. The number of sulfonamides is 1. The van der Waals surface area contributed by atoms with E-state index in [4.69, 9.17) is 10.5 Å². The normalized spacial score (nSPS) is 24.2. The molecule has 1 aromatic carbocycles. The number of ether oxygens (including phenoxy) is 1. The molecule has 0 unspecified atom stereocenters. The highest BCUT2D eigenvalue weighted by molar-refractivity contribution is 7.89. The minimum Gasteiger partial charge on any atom is -0.497 e. The van der Waals surface area contributed by atoms with Crippen LogP contribution >= 0.6 is 12.4 Å². The van der Waals surface area contributed by atoms with Gasteiger partial charge >= 0.3 is 0 Å². The molecule has 0 atom stereocenters. The van der Waals surface area contributed by atoms with Crippen molar-refractivity contribution in [1.82, 2.24) is 9.62 Å². The van der Waals surface area contributed by atoms with Crippen LogP contribution in [0.2, 0.25) is 0 Å². The highest BCUT2D eigenvalue weighted by Gasteiger charge is 2.33. The quantitative estimate of drug-likeness (QED) is 0.741. The van der Waals surface area contributed by atoms with Crippen LogP contribution in [0.15, 0.2) is 29.2 Å². The van der Waals surface area contributed by atoms with Crippen LogP contribution < -0.4 is 15.8 Å². The van der Waals surface area contributed by atoms with Gasteiger partial charge < -0.3 is 15.8 Å². The second kappa shape index (κ2) is 9.91. The predicted molar refractivity (Wildman–Crippen MR) is 110 cm³/mol. The summed E-state index contributed by atoms with van der Waals surface area (Å²) in [7, 11) is -1.99. The molecular weight excluding hydrogens is 402 g/mol. The molecule has 0 bridgehead atoms. The summed E-state index contributed by atoms with van der Waals surface area (Å²) in [4.78, 5) is 12.8. The molecule has 1 saturated heterocycles. The lowest BCUT2D eigenvalue weighted by atomic mass is 9.90. The number of nitrogens with two attached hydrogens (primary N) is 1. The van der Waals surface area contributed by atoms with Gasteiger partial charge in [0, 0.05) is 31.1 Å². The average Bonchev–Trinajstić information content (AvgIpc) is 2.70. The summed E-state index contributed by atoms with van der Waals surface area (Å²) in [6.45, 7) is 0.726. The largest absolute Gasteiger partial charge is 0.497 e. The topological polar surface area (TPSA) is 102 Å². The molecule has 1 saturated carbocycles. The molecule has 1 aromatic rings. The van der Waals surface area contributed by atoms with Crippen molar-refractivity contribution in [2.24, 2.45) is 11.7 Å². The zero-order chi connectivity index (χ0) is 19.4. The summed E-state index contributed by atoms with van der Waals surface area (Å²) >= 11 is 0. The van der Waals surface area contributed by atoms with Crippen LogP contribution in [0, 0.1) is 5.92 Å². The number of methoxy groups -OCH3 is 1. The Morgan fingerprint density at radius 1 is 1.07 bits per heavy atom. The van der Waals surface area contributed by atoms with Crippen LogP contribution in [-0.4, -0.2) is 50.9 Å². The van der Waals surface area contributed by atoms with Crippen molar-refractivity contribution in [2.75, 3.05) is 20.2 Å². The second-order valence-corrected chi connectivity index (χ2v) is 9.41. The van der Waals surface area contributed by atoms with E-state index in [0.29, 0.717) is 31.7 Å². The van der Waals surface area contributed by atoms with Gasteiger partial charge in [-0.25, -0.2) is 8.42 Å². The van der Waals surface area contributed by atoms with Gasteiger partial charge in [-0.2, -0.15) is 4.31 Å². The standard InChI is InChI=1S/C19H29N3O4S.ClH/c1-26-17-6-8-18(9-7-17)27(24,25)22-12-10-14(11-13-22)19(23)21-16-4-2-15(20)3-5-16;/h6-9,14-16H,2-5,10-13,20H2,1H3,(H,21,23);1H. The number of amides is 1. The van der Waals surface area contributed by atoms with Crippen LogP contribution in [-0.2, 0) is 14.8 Å². The van der Waals surface area contributed by atoms with Gasteiger partial charge in [0.25, 0.3) is 0 Å². The third-order valence-electron chi connectivity index (χ3n) is 5.64. The number of hydrogen-bond donors (Lipinski definition) is 2. The van der Waals surface area contributed by atoms with Gasteiger partial charge in [0.15, 0.2) is 0 Å². The number of halogens is 1. The maximum absolute atomic E-state index is 12.8. The van der Waals surface area contributed by atoms with Gasteiger partial charge in [-0.3, -0.25) is 4.79 Å². The van der Waals surface area contributed by atoms with E-state index in [1.54, 1.807) is 31.4 Å². The first-order valence-corrected chi connectivity index (χ1v) is 11.0. The Morgan fingerprint density at radius 2 is 1.64 bits per heavy atom. The van der Waals surface area contributed by atoms with Crippen molar-refractivity contribution in [3.8, 4) is 5.75 Å². The number of benzene rings is 1. The lowest BCUT2D eigenvalue weighted by molar-refractivity contribution is -0.127. The summed E-state index contributed by atoms with van der Waals surface area (Å²) in [6.07, 6.45) is 4.85. The van der Waals surface area contributed by atoms with Crippen LogP contribution in [0.1, 0.15) is 38.5 Å². The Kier molecular flexibility index (Phi) is 8.12. The average molecular weight is 432 g/mol. The Morgan fingerprint density at radius 3 is 2.18 bits per heavy atom. The van der Waals surface area contributed by atoms with E-state index in [1.165, 1.54) is 4.31 Å². The summed E-state index contributed by atoms with van der Waals surface area (Å²) in [6, 6.07) is 6.86. The van der Waals surface area contributed by atoms with Gasteiger partial charge in [0.2, 0.25) is 15.9 Å². The predicted octanol–water partition coefficient (Wildman–Crippen LogP) is 1.90. The van der Waals surface area contributed by atoms with Gasteiger partial charge in [-0.05, 0) is 62.8 Å². The fourth-order valence-electron chi connectivity index (χ4n) is 3.84. The fourth-order valence-corrected chi connectivity index (χ4v) is 5.31. The van der Waals surface area contributed by atoms with E-state index in [0.717, 1.165) is 25.7 Å². The molecule has 3 N–H and O–H groups in total. The molecule has 0 radical (unpaired) electrons. The van der Waals surface area contributed by atoms with Crippen molar-refractivity contribution in [3.63, 3.8) is 0 Å². The molecule has 1 aliphatic carbocycles. The lowest BCUT2D eigenvalue weighted by Gasteiger charge is -2.32. The number of nitrogens with zero attached hydrogens (tertiary/aromatic N) is 1. The summed E-state index contributed by atoms with van der Waals surface area (Å²) < 4.78 is 32.1. The van der Waals surface area contributed by atoms with Gasteiger partial charge in [-0.15, -0.1) is 12.4 Å². The number of carbonyl (C=O) groups excluding carboxylic acids is 1. The minimum atomic E-state index is -3.54. The summed E-state index contributed by atoms with van der Waals surface area (Å²) in [5, 5.41) is 3.13. The lowest BCUT2D eigenvalue weighted by Crippen LogP contribution is -2.46. The maximum atomic E-state index is 12.8. The first-order valence-electron chi connectivity index (χ1n) is 9.60. The van der Waals surface area contributed by atoms with Crippen molar-refractivity contribution in [2.45, 2.75) is 55.5 Å². The molecule has 2 aliphatic rings. The van der Waals surface area contributed by atoms with Gasteiger partial charge in [-0.1, -0.05) is 0 Å². The Labute approximate surface area is 173 Å². The third-order valence-corrected chi connectivity index (χ3v) is 7.55.